The molecule has 2 heterocycles. The highest BCUT2D eigenvalue weighted by molar-refractivity contribution is 5.68. The molecule has 2 unspecified atom stereocenters. The standard InChI is InChI=1S/C26H29FN2O5/c1-26(2,3)34-25(30)29-11-9-21(17-4-6-22(27)18(12-17)8-10-28)19(14-29)15-31-20-5-7-23-24(13-20)33-16-32-23/h4-7,12-13,19,21H,8-9,11,14-16H2,1-3H3. The van der Waals surface area contributed by atoms with Crippen LogP contribution in [0.2, 0.25) is 0 Å². The molecule has 0 aromatic heterocycles. The van der Waals surface area contributed by atoms with Crippen molar-refractivity contribution in [3.8, 4) is 23.3 Å². The van der Waals surface area contributed by atoms with Gasteiger partial charge >= 0.3 is 6.09 Å². The summed E-state index contributed by atoms with van der Waals surface area (Å²) in [5, 5.41) is 9.05. The first-order valence-electron chi connectivity index (χ1n) is 11.4. The van der Waals surface area contributed by atoms with Gasteiger partial charge in [0.1, 0.15) is 17.2 Å². The average Bonchev–Trinajstić information content (AvgIpc) is 3.26. The summed E-state index contributed by atoms with van der Waals surface area (Å²) in [7, 11) is 0. The van der Waals surface area contributed by atoms with Gasteiger partial charge in [-0.05, 0) is 56.9 Å². The molecule has 2 aromatic rings. The van der Waals surface area contributed by atoms with Crippen molar-refractivity contribution in [2.45, 2.75) is 45.1 Å². The molecule has 8 heteroatoms. The van der Waals surface area contributed by atoms with Crippen LogP contribution in [0.15, 0.2) is 36.4 Å². The minimum absolute atomic E-state index is 0.00872. The Morgan fingerprint density at radius 1 is 1.21 bits per heavy atom. The quantitative estimate of drug-likeness (QED) is 0.612. The zero-order chi connectivity index (χ0) is 24.3. The number of nitrogens with zero attached hydrogens (tertiary/aromatic N) is 2. The van der Waals surface area contributed by atoms with Crippen LogP contribution in [0, 0.1) is 23.1 Å². The molecule has 2 aliphatic heterocycles. The number of hydrogen-bond acceptors (Lipinski definition) is 6. The maximum Gasteiger partial charge on any atom is 0.410 e. The molecule has 180 valence electrons. The zero-order valence-electron chi connectivity index (χ0n) is 19.7. The molecule has 1 amide bonds. The van der Waals surface area contributed by atoms with Gasteiger partial charge < -0.3 is 23.8 Å². The van der Waals surface area contributed by atoms with Crippen LogP contribution in [0.3, 0.4) is 0 Å². The number of carbonyl (C=O) groups excluding carboxylic acids is 1. The van der Waals surface area contributed by atoms with E-state index in [2.05, 4.69) is 0 Å². The lowest BCUT2D eigenvalue weighted by atomic mass is 9.80. The van der Waals surface area contributed by atoms with Crippen molar-refractivity contribution in [3.63, 3.8) is 0 Å². The number of nitriles is 1. The lowest BCUT2D eigenvalue weighted by molar-refractivity contribution is 0.0111. The second-order valence-electron chi connectivity index (χ2n) is 9.59. The lowest BCUT2D eigenvalue weighted by Crippen LogP contribution is -2.46. The Kier molecular flexibility index (Phi) is 6.82. The third-order valence-electron chi connectivity index (χ3n) is 5.96. The van der Waals surface area contributed by atoms with Gasteiger partial charge in [0, 0.05) is 30.6 Å². The van der Waals surface area contributed by atoms with Crippen molar-refractivity contribution in [2.75, 3.05) is 26.5 Å². The van der Waals surface area contributed by atoms with Gasteiger partial charge in [0.25, 0.3) is 0 Å². The van der Waals surface area contributed by atoms with Crippen LogP contribution in [0.4, 0.5) is 9.18 Å². The predicted octanol–water partition coefficient (Wildman–Crippen LogP) is 5.04. The Labute approximate surface area is 199 Å². The molecule has 0 spiro atoms. The van der Waals surface area contributed by atoms with Gasteiger partial charge in [-0.2, -0.15) is 5.26 Å². The van der Waals surface area contributed by atoms with E-state index in [1.807, 2.05) is 32.9 Å². The molecule has 34 heavy (non-hydrogen) atoms. The fourth-order valence-electron chi connectivity index (χ4n) is 4.35. The number of piperidine rings is 1. The minimum atomic E-state index is -0.588. The Morgan fingerprint density at radius 3 is 2.76 bits per heavy atom. The number of fused-ring (bicyclic) bond motifs is 1. The van der Waals surface area contributed by atoms with Crippen molar-refractivity contribution >= 4 is 6.09 Å². The van der Waals surface area contributed by atoms with Crippen molar-refractivity contribution in [1.29, 1.82) is 5.26 Å². The molecule has 0 saturated carbocycles. The predicted molar refractivity (Wildman–Crippen MR) is 122 cm³/mol. The van der Waals surface area contributed by atoms with Crippen LogP contribution in [-0.2, 0) is 11.2 Å². The van der Waals surface area contributed by atoms with Crippen molar-refractivity contribution in [1.82, 2.24) is 4.90 Å². The molecule has 0 aliphatic carbocycles. The number of rotatable bonds is 5. The number of carbonyl (C=O) groups is 1. The van der Waals surface area contributed by atoms with Gasteiger partial charge in [-0.25, -0.2) is 9.18 Å². The lowest BCUT2D eigenvalue weighted by Gasteiger charge is -2.39. The van der Waals surface area contributed by atoms with E-state index >= 15 is 0 Å². The van der Waals surface area contributed by atoms with E-state index < -0.39 is 5.60 Å². The van der Waals surface area contributed by atoms with Crippen LogP contribution >= 0.6 is 0 Å². The Morgan fingerprint density at radius 2 is 2.00 bits per heavy atom. The summed E-state index contributed by atoms with van der Waals surface area (Å²) in [4.78, 5) is 14.4. The molecule has 0 bridgehead atoms. The first-order chi connectivity index (χ1) is 16.2. The van der Waals surface area contributed by atoms with Gasteiger partial charge in [0.2, 0.25) is 6.79 Å². The Hall–Kier alpha value is -3.47. The number of benzene rings is 2. The largest absolute Gasteiger partial charge is 0.493 e. The van der Waals surface area contributed by atoms with Crippen molar-refractivity contribution in [3.05, 3.63) is 53.3 Å². The van der Waals surface area contributed by atoms with E-state index in [0.29, 0.717) is 48.9 Å². The molecular weight excluding hydrogens is 439 g/mol. The van der Waals surface area contributed by atoms with Gasteiger partial charge in [0.05, 0.1) is 19.1 Å². The smallest absolute Gasteiger partial charge is 0.410 e. The molecular formula is C26H29FN2O5. The molecule has 1 saturated heterocycles. The summed E-state index contributed by atoms with van der Waals surface area (Å²) in [5.74, 6) is 1.53. The van der Waals surface area contributed by atoms with Gasteiger partial charge in [-0.3, -0.25) is 0 Å². The second-order valence-corrected chi connectivity index (χ2v) is 9.59. The maximum absolute atomic E-state index is 14.2. The number of halogens is 1. The highest BCUT2D eigenvalue weighted by atomic mass is 19.1. The van der Waals surface area contributed by atoms with E-state index in [-0.39, 0.29) is 37.0 Å². The van der Waals surface area contributed by atoms with Crippen molar-refractivity contribution < 1.29 is 28.1 Å². The first kappa shape index (κ1) is 23.7. The van der Waals surface area contributed by atoms with Crippen LogP contribution in [0.1, 0.15) is 44.2 Å². The molecule has 2 aromatic carbocycles. The molecule has 0 radical (unpaired) electrons. The highest BCUT2D eigenvalue weighted by Gasteiger charge is 2.35. The number of ether oxygens (including phenoxy) is 4. The summed E-state index contributed by atoms with van der Waals surface area (Å²) in [6.07, 6.45) is 0.323. The zero-order valence-corrected chi connectivity index (χ0v) is 19.7. The fourth-order valence-corrected chi connectivity index (χ4v) is 4.35. The molecule has 2 atom stereocenters. The minimum Gasteiger partial charge on any atom is -0.493 e. The summed E-state index contributed by atoms with van der Waals surface area (Å²) in [6.45, 7) is 7.01. The van der Waals surface area contributed by atoms with Crippen LogP contribution in [0.25, 0.3) is 0 Å². The third-order valence-corrected chi connectivity index (χ3v) is 5.96. The monoisotopic (exact) mass is 468 g/mol. The molecule has 0 N–H and O–H groups in total. The normalized spacial score (nSPS) is 19.4. The highest BCUT2D eigenvalue weighted by Crippen LogP contribution is 2.37. The maximum atomic E-state index is 14.2. The van der Waals surface area contributed by atoms with E-state index in [4.69, 9.17) is 24.2 Å². The molecule has 2 aliphatic rings. The third kappa shape index (κ3) is 5.53. The molecule has 1 fully saturated rings. The van der Waals surface area contributed by atoms with E-state index in [1.165, 1.54) is 6.07 Å². The number of likely N-dealkylation sites (tertiary alicyclic amines) is 1. The summed E-state index contributed by atoms with van der Waals surface area (Å²) in [6, 6.07) is 12.4. The van der Waals surface area contributed by atoms with E-state index in [1.54, 1.807) is 29.2 Å². The van der Waals surface area contributed by atoms with Crippen LogP contribution in [0.5, 0.6) is 17.2 Å². The SMILES string of the molecule is CC(C)(C)OC(=O)N1CCC(c2ccc(F)c(CC#N)c2)C(COc2ccc3c(c2)OCO3)C1. The van der Waals surface area contributed by atoms with Gasteiger partial charge in [-0.15, -0.1) is 0 Å². The van der Waals surface area contributed by atoms with E-state index in [9.17, 15) is 9.18 Å². The summed E-state index contributed by atoms with van der Waals surface area (Å²) in [5.41, 5.74) is 0.732. The van der Waals surface area contributed by atoms with Crippen LogP contribution in [-0.4, -0.2) is 43.1 Å². The summed E-state index contributed by atoms with van der Waals surface area (Å²) >= 11 is 0. The molecule has 7 nitrogen and oxygen atoms in total. The fraction of sp³-hybridized carbons (Fsp3) is 0.462. The van der Waals surface area contributed by atoms with Crippen LogP contribution < -0.4 is 14.2 Å². The molecule has 4 rings (SSSR count). The Balaban J connectivity index is 1.54. The first-order valence-corrected chi connectivity index (χ1v) is 11.4. The Bertz CT molecular complexity index is 1090. The van der Waals surface area contributed by atoms with Crippen molar-refractivity contribution in [2.24, 2.45) is 5.92 Å². The number of hydrogen-bond donors (Lipinski definition) is 0. The van der Waals surface area contributed by atoms with Gasteiger partial charge in [0.15, 0.2) is 11.5 Å². The van der Waals surface area contributed by atoms with Gasteiger partial charge in [-0.1, -0.05) is 12.1 Å². The second kappa shape index (κ2) is 9.80. The summed E-state index contributed by atoms with van der Waals surface area (Å²) < 4.78 is 36.6. The average molecular weight is 469 g/mol. The van der Waals surface area contributed by atoms with E-state index in [0.717, 1.165) is 5.56 Å². The topological polar surface area (TPSA) is 81.0 Å². The number of amides is 1.